The SMILES string of the molecule is CN(C(=O)CN(CCN)CCc1ccccc1)c1ccccc1. The molecule has 0 aliphatic rings. The summed E-state index contributed by atoms with van der Waals surface area (Å²) in [4.78, 5) is 16.3. The molecule has 0 bridgehead atoms. The lowest BCUT2D eigenvalue weighted by atomic mass is 10.1. The molecule has 2 aromatic rings. The number of carbonyl (C=O) groups excluding carboxylic acids is 1. The molecule has 2 aromatic carbocycles. The van der Waals surface area contributed by atoms with Crippen molar-refractivity contribution in [2.24, 2.45) is 5.73 Å². The van der Waals surface area contributed by atoms with Crippen molar-refractivity contribution in [3.8, 4) is 0 Å². The summed E-state index contributed by atoms with van der Waals surface area (Å²) in [5, 5.41) is 0. The number of amides is 1. The number of nitrogens with two attached hydrogens (primary N) is 1. The minimum absolute atomic E-state index is 0.0812. The maximum atomic E-state index is 12.5. The van der Waals surface area contributed by atoms with E-state index in [9.17, 15) is 4.79 Å². The van der Waals surface area contributed by atoms with Crippen LogP contribution in [0.5, 0.6) is 0 Å². The lowest BCUT2D eigenvalue weighted by Crippen LogP contribution is -2.41. The third-order valence-corrected chi connectivity index (χ3v) is 3.88. The number of anilines is 1. The number of hydrogen-bond donors (Lipinski definition) is 1. The van der Waals surface area contributed by atoms with Crippen molar-refractivity contribution in [1.29, 1.82) is 0 Å². The highest BCUT2D eigenvalue weighted by Crippen LogP contribution is 2.11. The molecule has 122 valence electrons. The topological polar surface area (TPSA) is 49.6 Å². The predicted octanol–water partition coefficient (Wildman–Crippen LogP) is 2.15. The first-order chi connectivity index (χ1) is 11.2. The van der Waals surface area contributed by atoms with Gasteiger partial charge in [-0.3, -0.25) is 9.69 Å². The number of nitrogens with zero attached hydrogens (tertiary/aromatic N) is 2. The number of carbonyl (C=O) groups is 1. The highest BCUT2D eigenvalue weighted by Gasteiger charge is 2.15. The minimum Gasteiger partial charge on any atom is -0.329 e. The van der Waals surface area contributed by atoms with Gasteiger partial charge in [-0.1, -0.05) is 48.5 Å². The lowest BCUT2D eigenvalue weighted by Gasteiger charge is -2.24. The van der Waals surface area contributed by atoms with E-state index in [1.165, 1.54) is 5.56 Å². The smallest absolute Gasteiger partial charge is 0.240 e. The Bertz CT molecular complexity index is 586. The number of hydrogen-bond acceptors (Lipinski definition) is 3. The van der Waals surface area contributed by atoms with Crippen LogP contribution in [0.2, 0.25) is 0 Å². The fourth-order valence-corrected chi connectivity index (χ4v) is 2.48. The first-order valence-electron chi connectivity index (χ1n) is 7.98. The second-order valence-corrected chi connectivity index (χ2v) is 5.59. The summed E-state index contributed by atoms with van der Waals surface area (Å²) in [6.45, 7) is 2.49. The highest BCUT2D eigenvalue weighted by molar-refractivity contribution is 5.94. The van der Waals surface area contributed by atoms with Crippen molar-refractivity contribution in [3.05, 3.63) is 66.2 Å². The Morgan fingerprint density at radius 3 is 2.17 bits per heavy atom. The molecule has 0 fully saturated rings. The van der Waals surface area contributed by atoms with Crippen LogP contribution in [0, 0.1) is 0 Å². The fourth-order valence-electron chi connectivity index (χ4n) is 2.48. The van der Waals surface area contributed by atoms with Gasteiger partial charge in [0.05, 0.1) is 6.54 Å². The molecule has 4 nitrogen and oxygen atoms in total. The van der Waals surface area contributed by atoms with E-state index in [0.29, 0.717) is 13.1 Å². The summed E-state index contributed by atoms with van der Waals surface area (Å²) in [6, 6.07) is 20.0. The van der Waals surface area contributed by atoms with Crippen LogP contribution in [0.15, 0.2) is 60.7 Å². The molecule has 0 aliphatic heterocycles. The second-order valence-electron chi connectivity index (χ2n) is 5.59. The van der Waals surface area contributed by atoms with E-state index in [2.05, 4.69) is 17.0 Å². The van der Waals surface area contributed by atoms with Crippen molar-refractivity contribution in [3.63, 3.8) is 0 Å². The Kier molecular flexibility index (Phi) is 6.78. The zero-order chi connectivity index (χ0) is 16.5. The maximum absolute atomic E-state index is 12.5. The molecule has 0 spiro atoms. The molecule has 0 heterocycles. The van der Waals surface area contributed by atoms with Crippen LogP contribution in [0.25, 0.3) is 0 Å². The van der Waals surface area contributed by atoms with Gasteiger partial charge in [-0.25, -0.2) is 0 Å². The Hall–Kier alpha value is -2.17. The van der Waals surface area contributed by atoms with Crippen LogP contribution in [0.1, 0.15) is 5.56 Å². The van der Waals surface area contributed by atoms with Crippen LogP contribution in [0.3, 0.4) is 0 Å². The van der Waals surface area contributed by atoms with Crippen LogP contribution >= 0.6 is 0 Å². The van der Waals surface area contributed by atoms with Crippen molar-refractivity contribution >= 4 is 11.6 Å². The number of para-hydroxylation sites is 1. The molecule has 2 rings (SSSR count). The average molecular weight is 311 g/mol. The molecule has 4 heteroatoms. The average Bonchev–Trinajstić information content (AvgIpc) is 2.61. The van der Waals surface area contributed by atoms with Gasteiger partial charge in [0, 0.05) is 32.4 Å². The van der Waals surface area contributed by atoms with Gasteiger partial charge >= 0.3 is 0 Å². The van der Waals surface area contributed by atoms with Crippen molar-refractivity contribution < 1.29 is 4.79 Å². The summed E-state index contributed by atoms with van der Waals surface area (Å²) in [7, 11) is 1.81. The largest absolute Gasteiger partial charge is 0.329 e. The molecule has 0 saturated carbocycles. The van der Waals surface area contributed by atoms with E-state index >= 15 is 0 Å². The highest BCUT2D eigenvalue weighted by atomic mass is 16.2. The first kappa shape index (κ1) is 17.2. The Morgan fingerprint density at radius 2 is 1.57 bits per heavy atom. The van der Waals surface area contributed by atoms with Crippen LogP contribution in [-0.4, -0.2) is 44.0 Å². The van der Waals surface area contributed by atoms with E-state index in [1.807, 2.05) is 55.6 Å². The van der Waals surface area contributed by atoms with Crippen molar-refractivity contribution in [1.82, 2.24) is 4.90 Å². The summed E-state index contributed by atoms with van der Waals surface area (Å²) in [6.07, 6.45) is 0.920. The fraction of sp³-hybridized carbons (Fsp3) is 0.316. The summed E-state index contributed by atoms with van der Waals surface area (Å²) < 4.78 is 0. The summed E-state index contributed by atoms with van der Waals surface area (Å²) >= 11 is 0. The number of likely N-dealkylation sites (N-methyl/N-ethyl adjacent to an activating group) is 1. The molecular weight excluding hydrogens is 286 g/mol. The Labute approximate surface area is 138 Å². The van der Waals surface area contributed by atoms with Gasteiger partial charge in [-0.05, 0) is 24.1 Å². The maximum Gasteiger partial charge on any atom is 0.240 e. The molecule has 0 saturated heterocycles. The zero-order valence-corrected chi connectivity index (χ0v) is 13.7. The van der Waals surface area contributed by atoms with Gasteiger partial charge in [-0.2, -0.15) is 0 Å². The van der Waals surface area contributed by atoms with Crippen LogP contribution in [0.4, 0.5) is 5.69 Å². The summed E-state index contributed by atoms with van der Waals surface area (Å²) in [5.41, 5.74) is 7.88. The molecule has 1 amide bonds. The normalized spacial score (nSPS) is 10.7. The second kappa shape index (κ2) is 9.08. The van der Waals surface area contributed by atoms with Gasteiger partial charge in [0.2, 0.25) is 5.91 Å². The number of rotatable bonds is 8. The minimum atomic E-state index is 0.0812. The zero-order valence-electron chi connectivity index (χ0n) is 13.7. The predicted molar refractivity (Wildman–Crippen MR) is 95.5 cm³/mol. The molecule has 0 unspecified atom stereocenters. The van der Waals surface area contributed by atoms with Crippen LogP contribution in [-0.2, 0) is 11.2 Å². The van der Waals surface area contributed by atoms with E-state index in [1.54, 1.807) is 4.90 Å². The molecule has 23 heavy (non-hydrogen) atoms. The molecule has 0 aliphatic carbocycles. The first-order valence-corrected chi connectivity index (χ1v) is 7.98. The Balaban J connectivity index is 1.91. The third-order valence-electron chi connectivity index (χ3n) is 3.88. The van der Waals surface area contributed by atoms with Crippen molar-refractivity contribution in [2.75, 3.05) is 38.1 Å². The van der Waals surface area contributed by atoms with Gasteiger partial charge in [0.15, 0.2) is 0 Å². The molecule has 0 atom stereocenters. The molecule has 0 aromatic heterocycles. The van der Waals surface area contributed by atoms with Crippen LogP contribution < -0.4 is 10.6 Å². The number of benzene rings is 2. The summed E-state index contributed by atoms with van der Waals surface area (Å²) in [5.74, 6) is 0.0812. The van der Waals surface area contributed by atoms with E-state index in [-0.39, 0.29) is 5.91 Å². The van der Waals surface area contributed by atoms with Gasteiger partial charge < -0.3 is 10.6 Å². The third kappa shape index (κ3) is 5.51. The lowest BCUT2D eigenvalue weighted by molar-refractivity contribution is -0.119. The standard InChI is InChI=1S/C19H25N3O/c1-21(18-10-6-3-7-11-18)19(23)16-22(15-13-20)14-12-17-8-4-2-5-9-17/h2-11H,12-16,20H2,1H3. The van der Waals surface area contributed by atoms with Crippen molar-refractivity contribution in [2.45, 2.75) is 6.42 Å². The van der Waals surface area contributed by atoms with E-state index in [4.69, 9.17) is 5.73 Å². The molecular formula is C19H25N3O. The van der Waals surface area contributed by atoms with Gasteiger partial charge in [0.25, 0.3) is 0 Å². The molecule has 0 radical (unpaired) electrons. The quantitative estimate of drug-likeness (QED) is 0.813. The molecule has 2 N–H and O–H groups in total. The monoisotopic (exact) mass is 311 g/mol. The van der Waals surface area contributed by atoms with E-state index in [0.717, 1.165) is 25.2 Å². The Morgan fingerprint density at radius 1 is 0.957 bits per heavy atom. The van der Waals surface area contributed by atoms with E-state index < -0.39 is 0 Å². The van der Waals surface area contributed by atoms with Gasteiger partial charge in [-0.15, -0.1) is 0 Å². The van der Waals surface area contributed by atoms with Gasteiger partial charge in [0.1, 0.15) is 0 Å².